The molecule has 0 radical (unpaired) electrons. The molecule has 0 aliphatic carbocycles. The van der Waals surface area contributed by atoms with Gasteiger partial charge in [0.25, 0.3) is 7.82 Å². The Morgan fingerprint density at radius 1 is 0.552 bits per heavy atom. The van der Waals surface area contributed by atoms with Crippen molar-refractivity contribution < 1.29 is 42.1 Å². The first kappa shape index (κ1) is 55.2. The number of quaternary nitrogens is 1. The van der Waals surface area contributed by atoms with Crippen LogP contribution >= 0.6 is 7.82 Å². The minimum Gasteiger partial charge on any atom is -0.756 e. The van der Waals surface area contributed by atoms with E-state index in [9.17, 15) is 19.0 Å². The number of esters is 2. The highest BCUT2D eigenvalue weighted by Crippen LogP contribution is 2.38. The van der Waals surface area contributed by atoms with Gasteiger partial charge in [0.05, 0.1) is 27.7 Å². The lowest BCUT2D eigenvalue weighted by Crippen LogP contribution is -2.37. The van der Waals surface area contributed by atoms with Crippen LogP contribution in [-0.4, -0.2) is 70.0 Å². The summed E-state index contributed by atoms with van der Waals surface area (Å²) in [7, 11) is 1.11. The van der Waals surface area contributed by atoms with Crippen LogP contribution < -0.4 is 4.89 Å². The van der Waals surface area contributed by atoms with Crippen LogP contribution in [0.15, 0.2) is 85.1 Å². The lowest BCUT2D eigenvalue weighted by atomic mass is 10.1. The van der Waals surface area contributed by atoms with Crippen LogP contribution in [0.1, 0.15) is 155 Å². The zero-order valence-electron chi connectivity index (χ0n) is 37.2. The van der Waals surface area contributed by atoms with Crippen molar-refractivity contribution in [2.45, 2.75) is 161 Å². The third-order valence-corrected chi connectivity index (χ3v) is 9.86. The maximum Gasteiger partial charge on any atom is 0.306 e. The molecule has 332 valence electrons. The number of hydrogen-bond acceptors (Lipinski definition) is 8. The first-order valence-electron chi connectivity index (χ1n) is 22.3. The number of ether oxygens (including phenoxy) is 2. The number of carbonyl (C=O) groups is 2. The van der Waals surface area contributed by atoms with E-state index >= 15 is 0 Å². The molecule has 0 aliphatic heterocycles. The zero-order chi connectivity index (χ0) is 42.8. The Balaban J connectivity index is 4.48. The summed E-state index contributed by atoms with van der Waals surface area (Å²) in [6, 6.07) is 0. The Hall–Kier alpha value is -2.81. The average molecular weight is 832 g/mol. The van der Waals surface area contributed by atoms with E-state index in [-0.39, 0.29) is 26.1 Å². The maximum absolute atomic E-state index is 12.7. The van der Waals surface area contributed by atoms with Crippen molar-refractivity contribution in [3.05, 3.63) is 85.1 Å². The van der Waals surface area contributed by atoms with Crippen LogP contribution in [0.25, 0.3) is 0 Å². The van der Waals surface area contributed by atoms with Gasteiger partial charge in [0, 0.05) is 12.8 Å². The van der Waals surface area contributed by atoms with Gasteiger partial charge in [-0.05, 0) is 83.5 Å². The molecule has 0 aromatic heterocycles. The summed E-state index contributed by atoms with van der Waals surface area (Å²) < 4.78 is 33.8. The van der Waals surface area contributed by atoms with E-state index in [1.165, 1.54) is 44.9 Å². The van der Waals surface area contributed by atoms with E-state index in [0.29, 0.717) is 30.3 Å². The van der Waals surface area contributed by atoms with Crippen molar-refractivity contribution in [3.8, 4) is 0 Å². The minimum atomic E-state index is -4.65. The molecule has 0 saturated heterocycles. The van der Waals surface area contributed by atoms with Crippen LogP contribution in [0.4, 0.5) is 0 Å². The van der Waals surface area contributed by atoms with E-state index < -0.39 is 32.5 Å². The summed E-state index contributed by atoms with van der Waals surface area (Å²) in [4.78, 5) is 37.5. The Morgan fingerprint density at radius 2 is 1.00 bits per heavy atom. The number of carbonyl (C=O) groups excluding carboxylic acids is 2. The van der Waals surface area contributed by atoms with Gasteiger partial charge in [-0.15, -0.1) is 0 Å². The predicted molar refractivity (Wildman–Crippen MR) is 240 cm³/mol. The summed E-state index contributed by atoms with van der Waals surface area (Å²) in [5, 5.41) is 0. The fraction of sp³-hybridized carbons (Fsp3) is 0.667. The average Bonchev–Trinajstić information content (AvgIpc) is 3.17. The highest BCUT2D eigenvalue weighted by molar-refractivity contribution is 7.45. The van der Waals surface area contributed by atoms with Crippen molar-refractivity contribution in [1.29, 1.82) is 0 Å². The van der Waals surface area contributed by atoms with Gasteiger partial charge < -0.3 is 27.9 Å². The lowest BCUT2D eigenvalue weighted by Gasteiger charge is -2.28. The first-order valence-corrected chi connectivity index (χ1v) is 23.8. The quantitative estimate of drug-likeness (QED) is 0.0198. The third kappa shape index (κ3) is 42.8. The van der Waals surface area contributed by atoms with Crippen LogP contribution in [0, 0.1) is 0 Å². The second kappa shape index (κ2) is 39.6. The number of likely N-dealkylation sites (N-methyl/N-ethyl adjacent to an activating group) is 1. The van der Waals surface area contributed by atoms with E-state index in [1.807, 2.05) is 27.2 Å². The molecule has 0 aromatic carbocycles. The largest absolute Gasteiger partial charge is 0.756 e. The monoisotopic (exact) mass is 832 g/mol. The van der Waals surface area contributed by atoms with Gasteiger partial charge in [0.2, 0.25) is 0 Å². The van der Waals surface area contributed by atoms with Crippen molar-refractivity contribution in [3.63, 3.8) is 0 Å². The highest BCUT2D eigenvalue weighted by Gasteiger charge is 2.21. The second-order valence-corrected chi connectivity index (χ2v) is 17.1. The molecule has 0 spiro atoms. The normalized spacial score (nSPS) is 14.4. The van der Waals surface area contributed by atoms with Crippen LogP contribution in [-0.2, 0) is 32.7 Å². The summed E-state index contributed by atoms with van der Waals surface area (Å²) in [5.41, 5.74) is 0. The molecule has 0 N–H and O–H groups in total. The Labute approximate surface area is 354 Å². The fourth-order valence-electron chi connectivity index (χ4n) is 5.42. The number of phosphoric ester groups is 1. The number of hydrogen-bond donors (Lipinski definition) is 0. The predicted octanol–water partition coefficient (Wildman–Crippen LogP) is 12.2. The van der Waals surface area contributed by atoms with E-state index in [1.54, 1.807) is 0 Å². The zero-order valence-corrected chi connectivity index (χ0v) is 38.1. The summed E-state index contributed by atoms with van der Waals surface area (Å²) in [5.74, 6) is -0.920. The van der Waals surface area contributed by atoms with Gasteiger partial charge in [-0.1, -0.05) is 144 Å². The minimum absolute atomic E-state index is 0.0474. The molecule has 1 unspecified atom stereocenters. The summed E-state index contributed by atoms with van der Waals surface area (Å²) >= 11 is 0. The van der Waals surface area contributed by atoms with Gasteiger partial charge in [-0.2, -0.15) is 0 Å². The van der Waals surface area contributed by atoms with Crippen molar-refractivity contribution in [2.24, 2.45) is 0 Å². The molecule has 2 atom stereocenters. The van der Waals surface area contributed by atoms with Crippen molar-refractivity contribution >= 4 is 19.8 Å². The Morgan fingerprint density at radius 3 is 1.52 bits per heavy atom. The van der Waals surface area contributed by atoms with Gasteiger partial charge in [0.1, 0.15) is 19.8 Å². The molecule has 0 rings (SSSR count). The number of allylic oxidation sites excluding steroid dienone is 14. The van der Waals surface area contributed by atoms with Crippen LogP contribution in [0.5, 0.6) is 0 Å². The van der Waals surface area contributed by atoms with E-state index in [4.69, 9.17) is 18.5 Å². The molecule has 0 heterocycles. The van der Waals surface area contributed by atoms with Crippen molar-refractivity contribution in [1.82, 2.24) is 0 Å². The molecule has 10 heteroatoms. The molecule has 0 bridgehead atoms. The number of phosphoric acid groups is 1. The molecule has 0 fully saturated rings. The molecule has 0 saturated carbocycles. The molecular formula is C48H82NO8P. The Kier molecular flexibility index (Phi) is 37.7. The van der Waals surface area contributed by atoms with Crippen LogP contribution in [0.3, 0.4) is 0 Å². The molecule has 0 aromatic rings. The lowest BCUT2D eigenvalue weighted by molar-refractivity contribution is -0.870. The van der Waals surface area contributed by atoms with Gasteiger partial charge in [0.15, 0.2) is 6.10 Å². The SMILES string of the molecule is CC/C=C\C/C=C\C/C=C\C/C=C\C/C=C\CCCC(=O)O[C@H](COC(=O)CCCCCCCCC/C=C\C/C=C\CCCCC)COP(=O)([O-])OCC[N+](C)(C)C. The smallest absolute Gasteiger partial charge is 0.306 e. The fourth-order valence-corrected chi connectivity index (χ4v) is 6.15. The highest BCUT2D eigenvalue weighted by atomic mass is 31.2. The summed E-state index contributed by atoms with van der Waals surface area (Å²) in [6.07, 6.45) is 50.4. The topological polar surface area (TPSA) is 111 Å². The number of unbranched alkanes of at least 4 members (excludes halogenated alkanes) is 11. The van der Waals surface area contributed by atoms with Crippen LogP contribution in [0.2, 0.25) is 0 Å². The van der Waals surface area contributed by atoms with Gasteiger partial charge >= 0.3 is 11.9 Å². The van der Waals surface area contributed by atoms with E-state index in [0.717, 1.165) is 64.2 Å². The number of nitrogens with zero attached hydrogens (tertiary/aromatic N) is 1. The molecule has 58 heavy (non-hydrogen) atoms. The maximum atomic E-state index is 12.7. The standard InChI is InChI=1S/C48H82NO8P/c1-6-8-10-12-14-16-18-20-22-24-26-28-30-32-34-36-38-40-47(50)54-44-46(45-56-58(52,53)55-43-42-49(3,4)5)57-48(51)41-39-37-35-33-31-29-27-25-23-21-19-17-15-13-11-9-7-2/h9,11,14-17,20-23,27,29,33,35,46H,6-8,10,12-13,18-19,24-26,28,30-32,34,36-45H2,1-5H3/b11-9-,16-14-,17-15-,22-20-,23-21-,29-27-,35-33-/t46-/m1/s1. The van der Waals surface area contributed by atoms with E-state index in [2.05, 4.69) is 92.8 Å². The number of rotatable bonds is 39. The second-order valence-electron chi connectivity index (χ2n) is 15.7. The van der Waals surface area contributed by atoms with Gasteiger partial charge in [-0.3, -0.25) is 14.2 Å². The molecule has 0 aliphatic rings. The Bertz CT molecular complexity index is 1260. The third-order valence-electron chi connectivity index (χ3n) is 8.90. The molecular weight excluding hydrogens is 750 g/mol. The van der Waals surface area contributed by atoms with Crippen molar-refractivity contribution in [2.75, 3.05) is 47.5 Å². The molecule has 0 amide bonds. The first-order chi connectivity index (χ1) is 28.0. The molecule has 9 nitrogen and oxygen atoms in total. The van der Waals surface area contributed by atoms with Gasteiger partial charge in [-0.25, -0.2) is 0 Å². The summed E-state index contributed by atoms with van der Waals surface area (Å²) in [6.45, 7) is 3.99.